The number of hydrogen-bond donors (Lipinski definition) is 0. The molecule has 1 aliphatic rings. The van der Waals surface area contributed by atoms with E-state index in [4.69, 9.17) is 0 Å². The van der Waals surface area contributed by atoms with E-state index < -0.39 is 0 Å². The van der Waals surface area contributed by atoms with Crippen molar-refractivity contribution in [3.63, 3.8) is 0 Å². The van der Waals surface area contributed by atoms with Crippen LogP contribution in [-0.4, -0.2) is 32.1 Å². The van der Waals surface area contributed by atoms with E-state index in [0.717, 1.165) is 6.54 Å². The zero-order chi connectivity index (χ0) is 10.7. The normalized spacial score (nSPS) is 16.9. The third kappa shape index (κ3) is 2.72. The summed E-state index contributed by atoms with van der Waals surface area (Å²) in [7, 11) is 4.16. The molecule has 1 saturated heterocycles. The number of likely N-dealkylation sites (tertiary alicyclic amines) is 1. The fourth-order valence-corrected chi connectivity index (χ4v) is 2.10. The van der Waals surface area contributed by atoms with Gasteiger partial charge in [0.25, 0.3) is 0 Å². The molecule has 0 spiro atoms. The average molecular weight is 204 g/mol. The zero-order valence-corrected chi connectivity index (χ0v) is 9.74. The number of hydrogen-bond acceptors (Lipinski definition) is 2. The van der Waals surface area contributed by atoms with Crippen LogP contribution in [0.4, 0.5) is 5.69 Å². The molecule has 1 heterocycles. The van der Waals surface area contributed by atoms with Crippen molar-refractivity contribution < 1.29 is 0 Å². The van der Waals surface area contributed by atoms with Crippen LogP contribution in [0.3, 0.4) is 0 Å². The first-order valence-corrected chi connectivity index (χ1v) is 5.74. The number of nitrogens with zero attached hydrogens (tertiary/aromatic N) is 2. The summed E-state index contributed by atoms with van der Waals surface area (Å²) in [4.78, 5) is 4.67. The van der Waals surface area contributed by atoms with Crippen molar-refractivity contribution in [3.05, 3.63) is 29.8 Å². The minimum atomic E-state index is 1.12. The van der Waals surface area contributed by atoms with Crippen molar-refractivity contribution in [1.82, 2.24) is 4.90 Å². The highest BCUT2D eigenvalue weighted by molar-refractivity contribution is 5.45. The van der Waals surface area contributed by atoms with E-state index in [9.17, 15) is 0 Å². The van der Waals surface area contributed by atoms with Gasteiger partial charge in [-0.05, 0) is 43.6 Å². The minimum absolute atomic E-state index is 1.12. The fourth-order valence-electron chi connectivity index (χ4n) is 2.10. The number of benzene rings is 1. The van der Waals surface area contributed by atoms with Gasteiger partial charge >= 0.3 is 0 Å². The molecule has 82 valence electrons. The second-order valence-electron chi connectivity index (χ2n) is 4.54. The summed E-state index contributed by atoms with van der Waals surface area (Å²) < 4.78 is 0. The highest BCUT2D eigenvalue weighted by Gasteiger charge is 2.11. The van der Waals surface area contributed by atoms with Crippen LogP contribution in [0, 0.1) is 0 Å². The lowest BCUT2D eigenvalue weighted by atomic mass is 10.2. The molecule has 1 aliphatic heterocycles. The Bertz CT molecular complexity index is 297. The maximum absolute atomic E-state index is 2.53. The second kappa shape index (κ2) is 4.67. The van der Waals surface area contributed by atoms with E-state index in [2.05, 4.69) is 48.2 Å². The molecule has 0 bridgehead atoms. The van der Waals surface area contributed by atoms with Gasteiger partial charge in [-0.1, -0.05) is 12.1 Å². The van der Waals surface area contributed by atoms with Crippen molar-refractivity contribution in [3.8, 4) is 0 Å². The molecule has 2 heteroatoms. The quantitative estimate of drug-likeness (QED) is 0.745. The zero-order valence-electron chi connectivity index (χ0n) is 9.74. The topological polar surface area (TPSA) is 6.48 Å². The Morgan fingerprint density at radius 2 is 1.67 bits per heavy atom. The molecule has 0 radical (unpaired) electrons. The van der Waals surface area contributed by atoms with E-state index in [1.165, 1.54) is 37.2 Å². The molecule has 1 fully saturated rings. The third-order valence-electron chi connectivity index (χ3n) is 3.06. The molecule has 1 aromatic rings. The van der Waals surface area contributed by atoms with Gasteiger partial charge in [0, 0.05) is 26.3 Å². The predicted molar refractivity (Wildman–Crippen MR) is 65.3 cm³/mol. The van der Waals surface area contributed by atoms with Crippen LogP contribution in [0.2, 0.25) is 0 Å². The summed E-state index contributed by atoms with van der Waals surface area (Å²) in [6, 6.07) is 8.89. The maximum Gasteiger partial charge on any atom is 0.0361 e. The molecular formula is C13H20N2. The van der Waals surface area contributed by atoms with Crippen molar-refractivity contribution >= 4 is 5.69 Å². The van der Waals surface area contributed by atoms with E-state index in [0.29, 0.717) is 0 Å². The molecule has 0 atom stereocenters. The molecule has 2 nitrogen and oxygen atoms in total. The maximum atomic E-state index is 2.53. The van der Waals surface area contributed by atoms with Gasteiger partial charge < -0.3 is 4.90 Å². The Balaban J connectivity index is 1.97. The molecule has 0 aromatic heterocycles. The molecule has 2 rings (SSSR count). The molecule has 0 N–H and O–H groups in total. The first-order valence-electron chi connectivity index (χ1n) is 5.74. The summed E-state index contributed by atoms with van der Waals surface area (Å²) in [5, 5.41) is 0. The lowest BCUT2D eigenvalue weighted by Gasteiger charge is -2.16. The van der Waals surface area contributed by atoms with Gasteiger partial charge in [-0.2, -0.15) is 0 Å². The van der Waals surface area contributed by atoms with Gasteiger partial charge in [-0.3, -0.25) is 4.90 Å². The van der Waals surface area contributed by atoms with E-state index in [-0.39, 0.29) is 0 Å². The van der Waals surface area contributed by atoms with E-state index in [1.807, 2.05) is 0 Å². The highest BCUT2D eigenvalue weighted by atomic mass is 15.1. The lowest BCUT2D eigenvalue weighted by Crippen LogP contribution is -2.18. The van der Waals surface area contributed by atoms with Crippen LogP contribution in [0.5, 0.6) is 0 Å². The summed E-state index contributed by atoms with van der Waals surface area (Å²) in [5.74, 6) is 0. The van der Waals surface area contributed by atoms with Gasteiger partial charge in [-0.15, -0.1) is 0 Å². The van der Waals surface area contributed by atoms with Gasteiger partial charge in [-0.25, -0.2) is 0 Å². The minimum Gasteiger partial charge on any atom is -0.378 e. The Kier molecular flexibility index (Phi) is 3.27. The van der Waals surface area contributed by atoms with Gasteiger partial charge in [0.2, 0.25) is 0 Å². The Morgan fingerprint density at radius 1 is 1.07 bits per heavy atom. The number of rotatable bonds is 3. The Labute approximate surface area is 92.5 Å². The van der Waals surface area contributed by atoms with Crippen LogP contribution in [0.25, 0.3) is 0 Å². The smallest absolute Gasteiger partial charge is 0.0361 e. The molecule has 0 amide bonds. The van der Waals surface area contributed by atoms with Crippen LogP contribution < -0.4 is 4.90 Å². The summed E-state index contributed by atoms with van der Waals surface area (Å²) >= 11 is 0. The summed E-state index contributed by atoms with van der Waals surface area (Å²) in [6.07, 6.45) is 2.74. The summed E-state index contributed by atoms with van der Waals surface area (Å²) in [5.41, 5.74) is 2.71. The summed E-state index contributed by atoms with van der Waals surface area (Å²) in [6.45, 7) is 3.67. The lowest BCUT2D eigenvalue weighted by molar-refractivity contribution is 0.331. The van der Waals surface area contributed by atoms with Crippen LogP contribution >= 0.6 is 0 Å². The monoisotopic (exact) mass is 204 g/mol. The van der Waals surface area contributed by atoms with Crippen molar-refractivity contribution in [2.45, 2.75) is 19.4 Å². The van der Waals surface area contributed by atoms with Crippen molar-refractivity contribution in [2.75, 3.05) is 32.1 Å². The molecule has 1 aromatic carbocycles. The van der Waals surface area contributed by atoms with E-state index >= 15 is 0 Å². The first-order chi connectivity index (χ1) is 7.25. The van der Waals surface area contributed by atoms with Gasteiger partial charge in [0.15, 0.2) is 0 Å². The molecular weight excluding hydrogens is 184 g/mol. The molecule has 15 heavy (non-hydrogen) atoms. The Morgan fingerprint density at radius 3 is 2.20 bits per heavy atom. The highest BCUT2D eigenvalue weighted by Crippen LogP contribution is 2.16. The molecule has 0 unspecified atom stereocenters. The van der Waals surface area contributed by atoms with Crippen LogP contribution in [0.15, 0.2) is 24.3 Å². The van der Waals surface area contributed by atoms with Gasteiger partial charge in [0.05, 0.1) is 0 Å². The SMILES string of the molecule is CN(C)c1ccc(CN2CCCC2)cc1. The number of anilines is 1. The largest absolute Gasteiger partial charge is 0.378 e. The van der Waals surface area contributed by atoms with Crippen LogP contribution in [-0.2, 0) is 6.54 Å². The average Bonchev–Trinajstić information content (AvgIpc) is 2.71. The third-order valence-corrected chi connectivity index (χ3v) is 3.06. The Hall–Kier alpha value is -1.02. The first kappa shape index (κ1) is 10.5. The fraction of sp³-hybridized carbons (Fsp3) is 0.538. The van der Waals surface area contributed by atoms with Gasteiger partial charge in [0.1, 0.15) is 0 Å². The molecule has 0 saturated carbocycles. The molecule has 0 aliphatic carbocycles. The van der Waals surface area contributed by atoms with Crippen molar-refractivity contribution in [2.24, 2.45) is 0 Å². The predicted octanol–water partition coefficient (Wildman–Crippen LogP) is 2.35. The van der Waals surface area contributed by atoms with Crippen molar-refractivity contribution in [1.29, 1.82) is 0 Å². The second-order valence-corrected chi connectivity index (χ2v) is 4.54. The van der Waals surface area contributed by atoms with E-state index in [1.54, 1.807) is 0 Å². The standard InChI is InChI=1S/C13H20N2/c1-14(2)13-7-5-12(6-8-13)11-15-9-3-4-10-15/h5-8H,3-4,9-11H2,1-2H3. The van der Waals surface area contributed by atoms with Crippen LogP contribution in [0.1, 0.15) is 18.4 Å².